The molecule has 1 aromatic heterocycles. The van der Waals surface area contributed by atoms with Crippen LogP contribution in [0.1, 0.15) is 25.7 Å². The van der Waals surface area contributed by atoms with Crippen molar-refractivity contribution < 1.29 is 8.42 Å². The summed E-state index contributed by atoms with van der Waals surface area (Å²) in [6.45, 7) is 0.409. The van der Waals surface area contributed by atoms with Crippen molar-refractivity contribution in [2.24, 2.45) is 11.7 Å². The second-order valence-corrected chi connectivity index (χ2v) is 7.27. The Morgan fingerprint density at radius 2 is 2.00 bits per heavy atom. The van der Waals surface area contributed by atoms with Crippen LogP contribution in [0.4, 0.5) is 0 Å². The van der Waals surface area contributed by atoms with Gasteiger partial charge in [-0.15, -0.1) is 0 Å². The number of nitrogens with one attached hydrogen (secondary N) is 2. The molecule has 1 aromatic rings. The molecule has 1 heterocycles. The molecule has 0 saturated heterocycles. The van der Waals surface area contributed by atoms with E-state index in [1.165, 1.54) is 11.4 Å². The quantitative estimate of drug-likeness (QED) is 0.670. The highest BCUT2D eigenvalue weighted by Crippen LogP contribution is 2.29. The van der Waals surface area contributed by atoms with E-state index in [-0.39, 0.29) is 12.0 Å². The summed E-state index contributed by atoms with van der Waals surface area (Å²) in [7, 11) is -2.51. The Hall–Kier alpha value is -1.45. The summed E-state index contributed by atoms with van der Waals surface area (Å²) in [5.74, 6) is 0.0837. The largest absolute Gasteiger partial charge is 0.330 e. The summed E-state index contributed by atoms with van der Waals surface area (Å²) >= 11 is 0. The molecule has 1 aliphatic carbocycles. The monoisotopic (exact) mass is 316 g/mol. The van der Waals surface area contributed by atoms with Gasteiger partial charge in [0.25, 0.3) is 5.56 Å². The average molecular weight is 316 g/mol. The molecule has 2 unspecified atom stereocenters. The summed E-state index contributed by atoms with van der Waals surface area (Å²) in [6, 6.07) is -0.222. The van der Waals surface area contributed by atoms with Gasteiger partial charge in [0.2, 0.25) is 10.0 Å². The first-order valence-corrected chi connectivity index (χ1v) is 8.32. The summed E-state index contributed by atoms with van der Waals surface area (Å²) in [6.07, 6.45) is 4.50. The Bertz CT molecular complexity index is 708. The van der Waals surface area contributed by atoms with E-state index in [1.54, 1.807) is 0 Å². The maximum atomic E-state index is 12.6. The molecule has 8 nitrogen and oxygen atoms in total. The van der Waals surface area contributed by atoms with Gasteiger partial charge in [0, 0.05) is 19.3 Å². The number of nitrogens with zero attached hydrogens (tertiary/aromatic N) is 1. The van der Waals surface area contributed by atoms with Crippen molar-refractivity contribution in [1.29, 1.82) is 0 Å². The van der Waals surface area contributed by atoms with E-state index in [4.69, 9.17) is 5.73 Å². The van der Waals surface area contributed by atoms with E-state index < -0.39 is 26.2 Å². The van der Waals surface area contributed by atoms with Crippen LogP contribution < -0.4 is 17.0 Å². The van der Waals surface area contributed by atoms with Crippen molar-refractivity contribution >= 4 is 10.0 Å². The molecule has 0 aliphatic heterocycles. The fourth-order valence-electron chi connectivity index (χ4n) is 2.86. The number of nitrogens with two attached hydrogens (primary N) is 1. The smallest absolute Gasteiger partial charge is 0.325 e. The van der Waals surface area contributed by atoms with Crippen molar-refractivity contribution in [1.82, 2.24) is 14.3 Å². The van der Waals surface area contributed by atoms with E-state index in [0.29, 0.717) is 6.54 Å². The van der Waals surface area contributed by atoms with Gasteiger partial charge in [-0.1, -0.05) is 12.8 Å². The molecule has 0 amide bonds. The van der Waals surface area contributed by atoms with Gasteiger partial charge >= 0.3 is 5.69 Å². The summed E-state index contributed by atoms with van der Waals surface area (Å²) in [5.41, 5.74) is 4.08. The second-order valence-electron chi connectivity index (χ2n) is 5.31. The lowest BCUT2D eigenvalue weighted by atomic mass is 9.85. The van der Waals surface area contributed by atoms with Crippen LogP contribution in [0.5, 0.6) is 0 Å². The number of hydrogen-bond donors (Lipinski definition) is 3. The van der Waals surface area contributed by atoms with Crippen molar-refractivity contribution in [2.45, 2.75) is 36.6 Å². The van der Waals surface area contributed by atoms with Gasteiger partial charge in [0.1, 0.15) is 0 Å². The zero-order valence-electron chi connectivity index (χ0n) is 11.8. The summed E-state index contributed by atoms with van der Waals surface area (Å²) in [5, 5.41) is 0. The van der Waals surface area contributed by atoms with Gasteiger partial charge in [-0.2, -0.15) is 4.31 Å². The molecule has 0 radical (unpaired) electrons. The van der Waals surface area contributed by atoms with E-state index in [9.17, 15) is 18.0 Å². The number of rotatable bonds is 4. The molecule has 4 N–H and O–H groups in total. The second kappa shape index (κ2) is 6.12. The number of hydrogen-bond acceptors (Lipinski definition) is 5. The maximum Gasteiger partial charge on any atom is 0.325 e. The molecule has 1 aliphatic rings. The highest BCUT2D eigenvalue weighted by atomic mass is 32.2. The Morgan fingerprint density at radius 3 is 2.62 bits per heavy atom. The fourth-order valence-corrected chi connectivity index (χ4v) is 4.30. The van der Waals surface area contributed by atoms with Crippen LogP contribution in [0.25, 0.3) is 0 Å². The van der Waals surface area contributed by atoms with Crippen molar-refractivity contribution in [3.63, 3.8) is 0 Å². The van der Waals surface area contributed by atoms with Crippen LogP contribution in [0.2, 0.25) is 0 Å². The van der Waals surface area contributed by atoms with E-state index >= 15 is 0 Å². The van der Waals surface area contributed by atoms with E-state index in [0.717, 1.165) is 31.9 Å². The first-order valence-electron chi connectivity index (χ1n) is 6.88. The van der Waals surface area contributed by atoms with E-state index in [2.05, 4.69) is 4.98 Å². The molecule has 1 saturated carbocycles. The summed E-state index contributed by atoms with van der Waals surface area (Å²) in [4.78, 5) is 26.4. The highest BCUT2D eigenvalue weighted by molar-refractivity contribution is 7.89. The molecule has 9 heteroatoms. The normalized spacial score (nSPS) is 23.4. The van der Waals surface area contributed by atoms with Crippen LogP contribution in [0.3, 0.4) is 0 Å². The van der Waals surface area contributed by atoms with Crippen molar-refractivity contribution in [3.8, 4) is 0 Å². The van der Waals surface area contributed by atoms with Gasteiger partial charge in [-0.25, -0.2) is 13.2 Å². The molecule has 2 atom stereocenters. The van der Waals surface area contributed by atoms with Crippen LogP contribution in [-0.2, 0) is 10.0 Å². The maximum absolute atomic E-state index is 12.6. The van der Waals surface area contributed by atoms with Gasteiger partial charge in [0.15, 0.2) is 4.90 Å². The van der Waals surface area contributed by atoms with Crippen molar-refractivity contribution in [2.75, 3.05) is 13.6 Å². The van der Waals surface area contributed by atoms with Gasteiger partial charge < -0.3 is 10.7 Å². The lowest BCUT2D eigenvalue weighted by Crippen LogP contribution is -2.47. The molecule has 1 fully saturated rings. The Morgan fingerprint density at radius 1 is 1.33 bits per heavy atom. The minimum atomic E-state index is -3.97. The van der Waals surface area contributed by atoms with Crippen LogP contribution in [0, 0.1) is 5.92 Å². The van der Waals surface area contributed by atoms with Crippen LogP contribution >= 0.6 is 0 Å². The number of aromatic nitrogens is 2. The molecule has 0 aromatic carbocycles. The molecule has 2 rings (SSSR count). The molecule has 118 valence electrons. The lowest BCUT2D eigenvalue weighted by Gasteiger charge is -2.36. The SMILES string of the molecule is CN(C1CCCCC1CN)S(=O)(=O)c1c[nH]c(=O)[nH]c1=O. The molecule has 21 heavy (non-hydrogen) atoms. The number of aromatic amines is 2. The molecule has 0 spiro atoms. The predicted molar refractivity (Wildman–Crippen MR) is 77.4 cm³/mol. The van der Waals surface area contributed by atoms with Gasteiger partial charge in [0.05, 0.1) is 0 Å². The molecular formula is C12H20N4O4S. The topological polar surface area (TPSA) is 129 Å². The third-order valence-electron chi connectivity index (χ3n) is 4.08. The standard InChI is InChI=1S/C12H20N4O4S/c1-16(9-5-3-2-4-8(9)6-13)21(19,20)10-7-14-12(18)15-11(10)17/h7-9H,2-6,13H2,1H3,(H2,14,15,17,18). The fraction of sp³-hybridized carbons (Fsp3) is 0.667. The van der Waals surface area contributed by atoms with E-state index in [1.807, 2.05) is 4.98 Å². The third kappa shape index (κ3) is 3.09. The minimum Gasteiger partial charge on any atom is -0.330 e. The molecule has 0 bridgehead atoms. The average Bonchev–Trinajstić information content (AvgIpc) is 2.46. The first kappa shape index (κ1) is 15.9. The number of H-pyrrole nitrogens is 2. The first-order chi connectivity index (χ1) is 9.87. The van der Waals surface area contributed by atoms with Gasteiger partial charge in [-0.05, 0) is 25.3 Å². The Kier molecular flexibility index (Phi) is 4.64. The van der Waals surface area contributed by atoms with Crippen LogP contribution in [-0.4, -0.2) is 42.3 Å². The third-order valence-corrected chi connectivity index (χ3v) is 5.97. The number of sulfonamides is 1. The Labute approximate surface area is 122 Å². The molecular weight excluding hydrogens is 296 g/mol. The van der Waals surface area contributed by atoms with Crippen LogP contribution in [0.15, 0.2) is 20.7 Å². The zero-order chi connectivity index (χ0) is 15.6. The highest BCUT2D eigenvalue weighted by Gasteiger charge is 2.35. The zero-order valence-corrected chi connectivity index (χ0v) is 12.6. The Balaban J connectivity index is 2.38. The van der Waals surface area contributed by atoms with Crippen molar-refractivity contribution in [3.05, 3.63) is 27.0 Å². The lowest BCUT2D eigenvalue weighted by molar-refractivity contribution is 0.204. The predicted octanol–water partition coefficient (Wildman–Crippen LogP) is -0.799. The summed E-state index contributed by atoms with van der Waals surface area (Å²) < 4.78 is 26.4. The minimum absolute atomic E-state index is 0.0837. The van der Waals surface area contributed by atoms with Gasteiger partial charge in [-0.3, -0.25) is 9.78 Å².